The Morgan fingerprint density at radius 1 is 1.03 bits per heavy atom. The Kier molecular flexibility index (Phi) is 4.82. The van der Waals surface area contributed by atoms with E-state index < -0.39 is 17.7 Å². The van der Waals surface area contributed by atoms with Gasteiger partial charge in [0.2, 0.25) is 0 Å². The van der Waals surface area contributed by atoms with Gasteiger partial charge in [-0.1, -0.05) is 48.0 Å². The molecular weight excluding hydrogens is 402 g/mol. The average molecular weight is 423 g/mol. The smallest absolute Gasteiger partial charge is 0.295 e. The third kappa shape index (κ3) is 3.26. The Morgan fingerprint density at radius 3 is 2.50 bits per heavy atom. The number of nitrogens with one attached hydrogen (secondary N) is 1. The van der Waals surface area contributed by atoms with Crippen LogP contribution >= 0.6 is 0 Å². The van der Waals surface area contributed by atoms with E-state index >= 15 is 0 Å². The predicted molar refractivity (Wildman–Crippen MR) is 122 cm³/mol. The van der Waals surface area contributed by atoms with Crippen molar-refractivity contribution in [3.8, 4) is 0 Å². The Hall–Kier alpha value is -4.19. The molecule has 32 heavy (non-hydrogen) atoms. The summed E-state index contributed by atoms with van der Waals surface area (Å²) in [6.45, 7) is 2.17. The van der Waals surface area contributed by atoms with Crippen LogP contribution in [-0.4, -0.2) is 31.7 Å². The molecule has 0 aliphatic carbocycles. The number of amides is 1. The highest BCUT2D eigenvalue weighted by atomic mass is 16.3. The fourth-order valence-electron chi connectivity index (χ4n) is 4.24. The molecule has 0 saturated carbocycles. The summed E-state index contributed by atoms with van der Waals surface area (Å²) in [6, 6.07) is 17.9. The molecule has 1 aliphatic rings. The molecule has 3 heterocycles. The molecule has 1 aliphatic heterocycles. The van der Waals surface area contributed by atoms with E-state index in [9.17, 15) is 14.7 Å². The molecule has 5 rings (SSSR count). The number of aliphatic hydroxyl groups excluding tert-OH is 1. The number of benzene rings is 2. The molecule has 2 N–H and O–H groups in total. The number of H-pyrrole nitrogens is 1. The van der Waals surface area contributed by atoms with Crippen LogP contribution in [0.15, 0.2) is 84.8 Å². The van der Waals surface area contributed by atoms with Gasteiger partial charge >= 0.3 is 0 Å². The van der Waals surface area contributed by atoms with Gasteiger partial charge in [0, 0.05) is 47.2 Å². The van der Waals surface area contributed by atoms with Crippen LogP contribution in [0.5, 0.6) is 0 Å². The van der Waals surface area contributed by atoms with Gasteiger partial charge in [-0.15, -0.1) is 0 Å². The molecule has 6 heteroatoms. The number of ketones is 1. The molecule has 0 spiro atoms. The molecule has 4 aromatic rings. The third-order valence-electron chi connectivity index (χ3n) is 5.88. The summed E-state index contributed by atoms with van der Waals surface area (Å²) in [5.74, 6) is -1.49. The SMILES string of the molecule is Cc1ccc(/C(O)=C2\C(=O)C(=O)N(Cc3ccncc3)C2c2c[nH]c3ccccc23)cc1. The van der Waals surface area contributed by atoms with Crippen molar-refractivity contribution in [1.82, 2.24) is 14.9 Å². The molecule has 6 nitrogen and oxygen atoms in total. The van der Waals surface area contributed by atoms with Crippen molar-refractivity contribution < 1.29 is 14.7 Å². The first kappa shape index (κ1) is 19.8. The summed E-state index contributed by atoms with van der Waals surface area (Å²) >= 11 is 0. The Labute approximate surface area is 184 Å². The number of carbonyl (C=O) groups excluding carboxylic acids is 2. The van der Waals surface area contributed by atoms with Crippen LogP contribution < -0.4 is 0 Å². The highest BCUT2D eigenvalue weighted by Crippen LogP contribution is 2.42. The summed E-state index contributed by atoms with van der Waals surface area (Å²) in [5, 5.41) is 12.1. The lowest BCUT2D eigenvalue weighted by atomic mass is 9.94. The number of rotatable bonds is 4. The van der Waals surface area contributed by atoms with Gasteiger partial charge in [-0.25, -0.2) is 0 Å². The summed E-state index contributed by atoms with van der Waals surface area (Å²) < 4.78 is 0. The van der Waals surface area contributed by atoms with Crippen molar-refractivity contribution in [3.05, 3.63) is 107 Å². The first-order chi connectivity index (χ1) is 15.5. The number of aryl methyl sites for hydroxylation is 1. The molecule has 1 fully saturated rings. The largest absolute Gasteiger partial charge is 0.507 e. The van der Waals surface area contributed by atoms with Gasteiger partial charge in [-0.2, -0.15) is 0 Å². The number of pyridine rings is 1. The first-order valence-electron chi connectivity index (χ1n) is 10.3. The lowest BCUT2D eigenvalue weighted by Crippen LogP contribution is -2.29. The van der Waals surface area contributed by atoms with Crippen LogP contribution in [0, 0.1) is 6.92 Å². The molecule has 1 unspecified atom stereocenters. The Bertz CT molecular complexity index is 1350. The number of carbonyl (C=O) groups is 2. The lowest BCUT2D eigenvalue weighted by Gasteiger charge is -2.25. The minimum absolute atomic E-state index is 0.0951. The summed E-state index contributed by atoms with van der Waals surface area (Å²) in [7, 11) is 0. The van der Waals surface area contributed by atoms with Gasteiger partial charge < -0.3 is 15.0 Å². The number of para-hydroxylation sites is 1. The van der Waals surface area contributed by atoms with Crippen LogP contribution in [0.2, 0.25) is 0 Å². The average Bonchev–Trinajstić information content (AvgIpc) is 3.34. The third-order valence-corrected chi connectivity index (χ3v) is 5.88. The van der Waals surface area contributed by atoms with Gasteiger partial charge in [-0.3, -0.25) is 14.6 Å². The maximum atomic E-state index is 13.2. The minimum atomic E-state index is -0.722. The fraction of sp³-hybridized carbons (Fsp3) is 0.115. The van der Waals surface area contributed by atoms with Crippen LogP contribution in [0.1, 0.15) is 28.3 Å². The number of hydrogen-bond acceptors (Lipinski definition) is 4. The van der Waals surface area contributed by atoms with E-state index in [1.165, 1.54) is 4.90 Å². The van der Waals surface area contributed by atoms with Crippen LogP contribution in [0.25, 0.3) is 16.7 Å². The molecule has 2 aromatic heterocycles. The van der Waals surface area contributed by atoms with Crippen molar-refractivity contribution in [1.29, 1.82) is 0 Å². The predicted octanol–water partition coefficient (Wildman–Crippen LogP) is 4.49. The van der Waals surface area contributed by atoms with E-state index in [1.54, 1.807) is 24.5 Å². The highest BCUT2D eigenvalue weighted by Gasteiger charge is 2.46. The number of aromatic nitrogens is 2. The molecule has 0 radical (unpaired) electrons. The zero-order chi connectivity index (χ0) is 22.2. The second kappa shape index (κ2) is 7.81. The monoisotopic (exact) mass is 423 g/mol. The second-order valence-electron chi connectivity index (χ2n) is 7.94. The fourth-order valence-corrected chi connectivity index (χ4v) is 4.24. The number of nitrogens with zero attached hydrogens (tertiary/aromatic N) is 2. The molecular formula is C26H21N3O3. The Balaban J connectivity index is 1.71. The van der Waals surface area contributed by atoms with Crippen molar-refractivity contribution in [2.24, 2.45) is 0 Å². The number of aromatic amines is 1. The van der Waals surface area contributed by atoms with E-state index in [2.05, 4.69) is 9.97 Å². The van der Waals surface area contributed by atoms with Gasteiger partial charge in [0.25, 0.3) is 11.7 Å². The molecule has 2 aromatic carbocycles. The number of hydrogen-bond donors (Lipinski definition) is 2. The van der Waals surface area contributed by atoms with E-state index in [0.29, 0.717) is 5.56 Å². The van der Waals surface area contributed by atoms with Gasteiger partial charge in [0.05, 0.1) is 11.6 Å². The van der Waals surface area contributed by atoms with Crippen molar-refractivity contribution in [3.63, 3.8) is 0 Å². The summed E-state index contributed by atoms with van der Waals surface area (Å²) in [5.41, 5.74) is 4.14. The second-order valence-corrected chi connectivity index (χ2v) is 7.94. The van der Waals surface area contributed by atoms with Crippen molar-refractivity contribution in [2.75, 3.05) is 0 Å². The van der Waals surface area contributed by atoms with Gasteiger partial charge in [0.1, 0.15) is 5.76 Å². The first-order valence-corrected chi connectivity index (χ1v) is 10.3. The standard InChI is InChI=1S/C26H21N3O3/c1-16-6-8-18(9-7-16)24(30)22-23(20-14-28-21-5-3-2-4-19(20)21)29(26(32)25(22)31)15-17-10-12-27-13-11-17/h2-14,23,28,30H,15H2,1H3/b24-22+. The van der Waals surface area contributed by atoms with Gasteiger partial charge in [-0.05, 0) is 30.7 Å². The number of fused-ring (bicyclic) bond motifs is 1. The maximum absolute atomic E-state index is 13.2. The molecule has 158 valence electrons. The van der Waals surface area contributed by atoms with E-state index in [-0.39, 0.29) is 17.9 Å². The topological polar surface area (TPSA) is 86.3 Å². The summed E-state index contributed by atoms with van der Waals surface area (Å²) in [4.78, 5) is 35.1. The normalized spacial score (nSPS) is 17.9. The number of likely N-dealkylation sites (tertiary alicyclic amines) is 1. The zero-order valence-corrected chi connectivity index (χ0v) is 17.4. The van der Waals surface area contributed by atoms with Crippen LogP contribution in [-0.2, 0) is 16.1 Å². The van der Waals surface area contributed by atoms with E-state index in [4.69, 9.17) is 0 Å². The number of Topliss-reactive ketones (excluding diaryl/α,β-unsaturated/α-hetero) is 1. The zero-order valence-electron chi connectivity index (χ0n) is 17.4. The van der Waals surface area contributed by atoms with Gasteiger partial charge in [0.15, 0.2) is 0 Å². The van der Waals surface area contributed by atoms with Crippen molar-refractivity contribution in [2.45, 2.75) is 19.5 Å². The van der Waals surface area contributed by atoms with Crippen LogP contribution in [0.4, 0.5) is 0 Å². The lowest BCUT2D eigenvalue weighted by molar-refractivity contribution is -0.140. The molecule has 1 amide bonds. The molecule has 1 atom stereocenters. The van der Waals surface area contributed by atoms with Crippen LogP contribution in [0.3, 0.4) is 0 Å². The van der Waals surface area contributed by atoms with E-state index in [0.717, 1.165) is 27.6 Å². The highest BCUT2D eigenvalue weighted by molar-refractivity contribution is 6.46. The number of aliphatic hydroxyl groups is 1. The van der Waals surface area contributed by atoms with E-state index in [1.807, 2.05) is 61.7 Å². The minimum Gasteiger partial charge on any atom is -0.507 e. The molecule has 0 bridgehead atoms. The van der Waals surface area contributed by atoms with Crippen molar-refractivity contribution >= 4 is 28.4 Å². The maximum Gasteiger partial charge on any atom is 0.295 e. The quantitative estimate of drug-likeness (QED) is 0.288. The Morgan fingerprint density at radius 2 is 1.75 bits per heavy atom. The summed E-state index contributed by atoms with van der Waals surface area (Å²) in [6.07, 6.45) is 5.11. The molecule has 1 saturated heterocycles.